The van der Waals surface area contributed by atoms with Crippen molar-refractivity contribution in [1.82, 2.24) is 4.98 Å². The van der Waals surface area contributed by atoms with Gasteiger partial charge in [-0.2, -0.15) is 5.26 Å². The minimum atomic E-state index is -0.341. The molecule has 0 saturated carbocycles. The summed E-state index contributed by atoms with van der Waals surface area (Å²) < 4.78 is 0. The quantitative estimate of drug-likeness (QED) is 0.645. The van der Waals surface area contributed by atoms with Gasteiger partial charge in [0.15, 0.2) is 0 Å². The molecule has 0 aliphatic heterocycles. The summed E-state index contributed by atoms with van der Waals surface area (Å²) >= 11 is 11.8. The molecule has 0 atom stereocenters. The Morgan fingerprint density at radius 1 is 1.04 bits per heavy atom. The van der Waals surface area contributed by atoms with Crippen LogP contribution < -0.4 is 10.6 Å². The van der Waals surface area contributed by atoms with Crippen molar-refractivity contribution in [2.75, 3.05) is 10.6 Å². The van der Waals surface area contributed by atoms with Gasteiger partial charge in [0.1, 0.15) is 11.9 Å². The van der Waals surface area contributed by atoms with Gasteiger partial charge in [0.05, 0.1) is 33.2 Å². The van der Waals surface area contributed by atoms with Gasteiger partial charge in [-0.25, -0.2) is 4.98 Å². The van der Waals surface area contributed by atoms with E-state index >= 15 is 0 Å². The molecule has 0 radical (unpaired) electrons. The predicted octanol–water partition coefficient (Wildman–Crippen LogP) is 5.26. The van der Waals surface area contributed by atoms with Crippen molar-refractivity contribution >= 4 is 46.3 Å². The summed E-state index contributed by atoms with van der Waals surface area (Å²) in [6, 6.07) is 17.3. The first kappa shape index (κ1) is 17.7. The van der Waals surface area contributed by atoms with Crippen molar-refractivity contribution in [2.24, 2.45) is 0 Å². The van der Waals surface area contributed by atoms with Crippen LogP contribution in [0.2, 0.25) is 10.0 Å². The van der Waals surface area contributed by atoms with E-state index in [-0.39, 0.29) is 5.91 Å². The zero-order valence-corrected chi connectivity index (χ0v) is 14.8. The molecule has 0 unspecified atom stereocenters. The lowest BCUT2D eigenvalue weighted by Crippen LogP contribution is -2.12. The smallest absolute Gasteiger partial charge is 0.256 e. The van der Waals surface area contributed by atoms with Crippen LogP contribution in [0, 0.1) is 11.3 Å². The van der Waals surface area contributed by atoms with E-state index in [2.05, 4.69) is 21.7 Å². The number of amides is 1. The fourth-order valence-corrected chi connectivity index (χ4v) is 2.51. The number of nitriles is 1. The first-order valence-electron chi connectivity index (χ1n) is 7.55. The van der Waals surface area contributed by atoms with E-state index in [1.54, 1.807) is 48.7 Å². The van der Waals surface area contributed by atoms with E-state index < -0.39 is 0 Å². The van der Waals surface area contributed by atoms with Gasteiger partial charge >= 0.3 is 0 Å². The molecule has 128 valence electrons. The van der Waals surface area contributed by atoms with E-state index in [9.17, 15) is 4.79 Å². The molecule has 0 aliphatic rings. The topological polar surface area (TPSA) is 77.8 Å². The molecular formula is C19H12Cl2N4O. The number of anilines is 3. The molecule has 3 rings (SSSR count). The van der Waals surface area contributed by atoms with Crippen LogP contribution in [0.1, 0.15) is 15.9 Å². The Bertz CT molecular complexity index is 997. The second kappa shape index (κ2) is 7.87. The van der Waals surface area contributed by atoms with Crippen LogP contribution >= 0.6 is 23.2 Å². The van der Waals surface area contributed by atoms with Crippen LogP contribution in [-0.2, 0) is 0 Å². The van der Waals surface area contributed by atoms with Crippen LogP contribution in [0.4, 0.5) is 17.2 Å². The first-order valence-corrected chi connectivity index (χ1v) is 8.31. The molecule has 0 saturated heterocycles. The minimum absolute atomic E-state index is 0.308. The zero-order chi connectivity index (χ0) is 18.5. The number of halogens is 2. The number of benzene rings is 2. The maximum atomic E-state index is 12.2. The number of carbonyl (C=O) groups is 1. The Labute approximate surface area is 160 Å². The van der Waals surface area contributed by atoms with Crippen molar-refractivity contribution in [3.05, 3.63) is 82.0 Å². The molecule has 1 amide bonds. The van der Waals surface area contributed by atoms with Gasteiger partial charge in [-0.05, 0) is 42.5 Å². The third-order valence-electron chi connectivity index (χ3n) is 3.51. The van der Waals surface area contributed by atoms with Gasteiger partial charge in [0, 0.05) is 5.56 Å². The monoisotopic (exact) mass is 382 g/mol. The van der Waals surface area contributed by atoms with Gasteiger partial charge in [-0.15, -0.1) is 0 Å². The molecule has 2 N–H and O–H groups in total. The summed E-state index contributed by atoms with van der Waals surface area (Å²) in [4.78, 5) is 16.4. The van der Waals surface area contributed by atoms with Crippen LogP contribution in [0.25, 0.3) is 0 Å². The predicted molar refractivity (Wildman–Crippen MR) is 103 cm³/mol. The molecule has 7 heteroatoms. The molecule has 1 heterocycles. The second-order valence-corrected chi connectivity index (χ2v) is 6.11. The lowest BCUT2D eigenvalue weighted by Gasteiger charge is -2.09. The maximum Gasteiger partial charge on any atom is 0.256 e. The number of nitrogens with one attached hydrogen (secondary N) is 2. The Morgan fingerprint density at radius 3 is 2.54 bits per heavy atom. The average Bonchev–Trinajstić information content (AvgIpc) is 2.66. The molecule has 0 fully saturated rings. The highest BCUT2D eigenvalue weighted by Crippen LogP contribution is 2.23. The molecular weight excluding hydrogens is 371 g/mol. The third-order valence-corrected chi connectivity index (χ3v) is 4.25. The van der Waals surface area contributed by atoms with E-state index in [0.717, 1.165) is 0 Å². The first-order chi connectivity index (χ1) is 12.6. The van der Waals surface area contributed by atoms with Gasteiger partial charge in [0.2, 0.25) is 0 Å². The van der Waals surface area contributed by atoms with Crippen molar-refractivity contribution < 1.29 is 4.79 Å². The number of hydrogen-bond donors (Lipinski definition) is 2. The van der Waals surface area contributed by atoms with Crippen molar-refractivity contribution in [2.45, 2.75) is 0 Å². The molecule has 0 spiro atoms. The van der Waals surface area contributed by atoms with E-state index in [1.807, 2.05) is 6.07 Å². The summed E-state index contributed by atoms with van der Waals surface area (Å²) in [5.41, 5.74) is 2.29. The third kappa shape index (κ3) is 4.12. The summed E-state index contributed by atoms with van der Waals surface area (Å²) in [5, 5.41) is 15.6. The van der Waals surface area contributed by atoms with Crippen molar-refractivity contribution in [3.63, 3.8) is 0 Å². The molecule has 2 aromatic carbocycles. The largest absolute Gasteiger partial charge is 0.353 e. The Hall–Kier alpha value is -3.07. The Kier molecular flexibility index (Phi) is 5.37. The van der Waals surface area contributed by atoms with E-state index in [1.165, 1.54) is 6.07 Å². The molecule has 5 nitrogen and oxygen atoms in total. The fraction of sp³-hybridized carbons (Fsp3) is 0. The Morgan fingerprint density at radius 2 is 1.85 bits per heavy atom. The van der Waals surface area contributed by atoms with Crippen molar-refractivity contribution in [3.8, 4) is 6.07 Å². The highest BCUT2D eigenvalue weighted by atomic mass is 35.5. The number of para-hydroxylation sites is 1. The molecule has 0 aliphatic carbocycles. The summed E-state index contributed by atoms with van der Waals surface area (Å²) in [6.45, 7) is 0. The number of rotatable bonds is 4. The molecule has 1 aromatic heterocycles. The van der Waals surface area contributed by atoms with Gasteiger partial charge in [-0.3, -0.25) is 4.79 Å². The Balaban J connectivity index is 1.70. The van der Waals surface area contributed by atoms with Gasteiger partial charge in [-0.1, -0.05) is 35.3 Å². The lowest BCUT2D eigenvalue weighted by atomic mass is 10.2. The summed E-state index contributed by atoms with van der Waals surface area (Å²) in [5.74, 6) is 0.0480. The lowest BCUT2D eigenvalue weighted by molar-refractivity contribution is 0.102. The highest BCUT2D eigenvalue weighted by Gasteiger charge is 2.09. The van der Waals surface area contributed by atoms with Gasteiger partial charge in [0.25, 0.3) is 5.91 Å². The molecule has 3 aromatic rings. The number of pyridine rings is 1. The molecule has 0 bridgehead atoms. The zero-order valence-electron chi connectivity index (χ0n) is 13.3. The number of carbonyl (C=O) groups excluding carboxylic acids is 1. The van der Waals surface area contributed by atoms with Gasteiger partial charge < -0.3 is 10.6 Å². The summed E-state index contributed by atoms with van der Waals surface area (Å²) in [6.07, 6.45) is 1.57. The van der Waals surface area contributed by atoms with Crippen LogP contribution in [0.15, 0.2) is 60.8 Å². The van der Waals surface area contributed by atoms with E-state index in [0.29, 0.717) is 38.4 Å². The number of nitrogens with zero attached hydrogens (tertiary/aromatic N) is 2. The van der Waals surface area contributed by atoms with Crippen molar-refractivity contribution in [1.29, 1.82) is 5.26 Å². The second-order valence-electron chi connectivity index (χ2n) is 5.30. The van der Waals surface area contributed by atoms with Crippen LogP contribution in [0.3, 0.4) is 0 Å². The van der Waals surface area contributed by atoms with Crippen LogP contribution in [0.5, 0.6) is 0 Å². The van der Waals surface area contributed by atoms with Crippen LogP contribution in [-0.4, -0.2) is 10.9 Å². The number of aromatic nitrogens is 1. The average molecular weight is 383 g/mol. The minimum Gasteiger partial charge on any atom is -0.353 e. The number of hydrogen-bond acceptors (Lipinski definition) is 4. The molecule has 26 heavy (non-hydrogen) atoms. The van der Waals surface area contributed by atoms with E-state index in [4.69, 9.17) is 28.5 Å². The standard InChI is InChI=1S/C19H12Cl2N4O/c20-15-7-5-12(9-16(15)21)19(26)25-18-8-6-14(11-23-18)24-17-4-2-1-3-13(17)10-22/h1-9,11,24H,(H,23,25,26). The maximum absolute atomic E-state index is 12.2. The fourth-order valence-electron chi connectivity index (χ4n) is 2.21. The summed E-state index contributed by atoms with van der Waals surface area (Å²) in [7, 11) is 0. The normalized spacial score (nSPS) is 10.0. The highest BCUT2D eigenvalue weighted by molar-refractivity contribution is 6.42. The SMILES string of the molecule is N#Cc1ccccc1Nc1ccc(NC(=O)c2ccc(Cl)c(Cl)c2)nc1.